The van der Waals surface area contributed by atoms with Crippen molar-refractivity contribution in [2.24, 2.45) is 5.92 Å². The zero-order valence-electron chi connectivity index (χ0n) is 33.9. The van der Waals surface area contributed by atoms with E-state index < -0.39 is 6.04 Å². The standard InChI is InChI=1S/C46H52N8O4S/c1-28(2)41(49-29(3)55)45(56)53-22-10-14-35(53)44-48-27-34(51-44)37-24-40-38(58-37)25-39(59-40)31-18-16-30(17-19-31)33-26-47-43(50-33)36-15-11-23-54(36)46(57)42(32-12-6-4-7-13-32)52-20-8-5-9-21-52/h4,6-7,12-13,16-19,24-28,35-36,41-42H,5,8-11,14-15,20-23H2,1-3H3,(H,47,50)(H,48,51)(H,49,55)/t35?,36-,41-,42+/m0/s1. The van der Waals surface area contributed by atoms with Gasteiger partial charge in [-0.05, 0) is 74.2 Å². The van der Waals surface area contributed by atoms with E-state index in [-0.39, 0.29) is 41.8 Å². The highest BCUT2D eigenvalue weighted by atomic mass is 32.1. The van der Waals surface area contributed by atoms with E-state index in [4.69, 9.17) is 14.4 Å². The van der Waals surface area contributed by atoms with Crippen LogP contribution in [0.2, 0.25) is 0 Å². The van der Waals surface area contributed by atoms with Crippen LogP contribution in [-0.4, -0.2) is 84.6 Å². The summed E-state index contributed by atoms with van der Waals surface area (Å²) in [5.74, 6) is 2.10. The van der Waals surface area contributed by atoms with Gasteiger partial charge in [0.2, 0.25) is 17.7 Å². The molecule has 0 radical (unpaired) electrons. The fourth-order valence-electron chi connectivity index (χ4n) is 9.22. The minimum Gasteiger partial charge on any atom is -0.453 e. The fourth-order valence-corrected chi connectivity index (χ4v) is 10.2. The minimum atomic E-state index is -0.572. The molecule has 6 aromatic rings. The van der Waals surface area contributed by atoms with E-state index in [1.54, 1.807) is 11.3 Å². The first-order valence-corrected chi connectivity index (χ1v) is 22.0. The average molecular weight is 813 g/mol. The smallest absolute Gasteiger partial charge is 0.246 e. The summed E-state index contributed by atoms with van der Waals surface area (Å²) in [6.07, 6.45) is 10.7. The molecule has 0 bridgehead atoms. The molecular formula is C46H52N8O4S. The number of thiophene rings is 1. The predicted molar refractivity (Wildman–Crippen MR) is 229 cm³/mol. The van der Waals surface area contributed by atoms with Crippen molar-refractivity contribution in [3.63, 3.8) is 0 Å². The Kier molecular flexibility index (Phi) is 11.0. The van der Waals surface area contributed by atoms with Crippen molar-refractivity contribution in [1.29, 1.82) is 0 Å². The molecule has 3 N–H and O–H groups in total. The van der Waals surface area contributed by atoms with Crippen molar-refractivity contribution in [2.45, 2.75) is 89.9 Å². The molecule has 12 nitrogen and oxygen atoms in total. The molecule has 3 saturated heterocycles. The molecule has 3 aliphatic rings. The predicted octanol–water partition coefficient (Wildman–Crippen LogP) is 8.66. The van der Waals surface area contributed by atoms with Crippen molar-refractivity contribution < 1.29 is 18.8 Å². The lowest BCUT2D eigenvalue weighted by atomic mass is 10.00. The van der Waals surface area contributed by atoms with Gasteiger partial charge in [0.05, 0.1) is 28.7 Å². The van der Waals surface area contributed by atoms with Crippen molar-refractivity contribution >= 4 is 39.3 Å². The maximum Gasteiger partial charge on any atom is 0.246 e. The lowest BCUT2D eigenvalue weighted by Crippen LogP contribution is -2.50. The Morgan fingerprint density at radius 2 is 1.53 bits per heavy atom. The topological polar surface area (TPSA) is 143 Å². The molecule has 3 amide bonds. The van der Waals surface area contributed by atoms with Crippen LogP contribution in [0.1, 0.15) is 101 Å². The van der Waals surface area contributed by atoms with Crippen LogP contribution in [0.4, 0.5) is 0 Å². The molecule has 9 rings (SSSR count). The number of carbonyl (C=O) groups excluding carboxylic acids is 3. The third-order valence-electron chi connectivity index (χ3n) is 12.2. The molecule has 4 aromatic heterocycles. The van der Waals surface area contributed by atoms with Crippen LogP contribution in [-0.2, 0) is 14.4 Å². The van der Waals surface area contributed by atoms with Gasteiger partial charge in [-0.1, -0.05) is 74.9 Å². The number of rotatable bonds is 11. The lowest BCUT2D eigenvalue weighted by molar-refractivity contribution is -0.139. The lowest BCUT2D eigenvalue weighted by Gasteiger charge is -2.37. The van der Waals surface area contributed by atoms with Crippen LogP contribution in [0.25, 0.3) is 43.4 Å². The summed E-state index contributed by atoms with van der Waals surface area (Å²) in [5, 5.41) is 2.84. The maximum atomic E-state index is 14.4. The third-order valence-corrected chi connectivity index (χ3v) is 13.3. The first-order valence-electron chi connectivity index (χ1n) is 21.1. The number of nitrogens with one attached hydrogen (secondary N) is 3. The van der Waals surface area contributed by atoms with Gasteiger partial charge >= 0.3 is 0 Å². The van der Waals surface area contributed by atoms with Gasteiger partial charge in [0.15, 0.2) is 5.76 Å². The summed E-state index contributed by atoms with van der Waals surface area (Å²) < 4.78 is 7.35. The number of piperidine rings is 1. The highest BCUT2D eigenvalue weighted by Gasteiger charge is 2.40. The number of hydrogen-bond acceptors (Lipinski definition) is 8. The molecule has 59 heavy (non-hydrogen) atoms. The van der Waals surface area contributed by atoms with E-state index in [9.17, 15) is 14.4 Å². The summed E-state index contributed by atoms with van der Waals surface area (Å²) in [5.41, 5.74) is 5.62. The molecule has 3 aliphatic heterocycles. The largest absolute Gasteiger partial charge is 0.453 e. The molecule has 0 aliphatic carbocycles. The number of benzene rings is 2. The second-order valence-corrected chi connectivity index (χ2v) is 17.7. The molecule has 306 valence electrons. The van der Waals surface area contributed by atoms with E-state index in [0.717, 1.165) is 107 Å². The minimum absolute atomic E-state index is 0.0287. The Hall–Kier alpha value is -5.53. The van der Waals surface area contributed by atoms with E-state index in [0.29, 0.717) is 18.0 Å². The summed E-state index contributed by atoms with van der Waals surface area (Å²) >= 11 is 1.67. The zero-order chi connectivity index (χ0) is 40.6. The number of imidazole rings is 2. The van der Waals surface area contributed by atoms with Gasteiger partial charge in [-0.3, -0.25) is 19.3 Å². The van der Waals surface area contributed by atoms with Gasteiger partial charge in [0.25, 0.3) is 0 Å². The number of carbonyl (C=O) groups is 3. The van der Waals surface area contributed by atoms with E-state index in [1.165, 1.54) is 13.3 Å². The number of likely N-dealkylation sites (tertiary alicyclic amines) is 3. The summed E-state index contributed by atoms with van der Waals surface area (Å²) in [7, 11) is 0. The summed E-state index contributed by atoms with van der Waals surface area (Å²) in [4.78, 5) is 63.7. The van der Waals surface area contributed by atoms with Gasteiger partial charge in [-0.25, -0.2) is 9.97 Å². The third kappa shape index (κ3) is 7.85. The highest BCUT2D eigenvalue weighted by molar-refractivity contribution is 7.22. The molecular weight excluding hydrogens is 761 g/mol. The number of nitrogens with zero attached hydrogens (tertiary/aromatic N) is 5. The number of amides is 3. The monoisotopic (exact) mass is 812 g/mol. The SMILES string of the molecule is CC(=O)N[C@H](C(=O)N1CCCC1c1nc(-c2cc3sc(-c4ccc(-c5cnc([C@@H]6CCCN6C(=O)[C@@H](c6ccccc6)N6CCCCC6)[nH]5)cc4)cc3o2)c[nH]1)C(C)C. The number of aromatic nitrogens is 4. The maximum absolute atomic E-state index is 14.4. The van der Waals surface area contributed by atoms with E-state index in [1.807, 2.05) is 55.4 Å². The quantitative estimate of drug-likeness (QED) is 0.119. The molecule has 3 fully saturated rings. The van der Waals surface area contributed by atoms with Crippen LogP contribution in [0, 0.1) is 5.92 Å². The zero-order valence-corrected chi connectivity index (χ0v) is 34.8. The summed E-state index contributed by atoms with van der Waals surface area (Å²) in [6.45, 7) is 8.60. The Morgan fingerprint density at radius 1 is 0.831 bits per heavy atom. The molecule has 2 aromatic carbocycles. The van der Waals surface area contributed by atoms with Crippen LogP contribution in [0.15, 0.2) is 83.5 Å². The number of fused-ring (bicyclic) bond motifs is 1. The van der Waals surface area contributed by atoms with Crippen molar-refractivity contribution in [1.82, 2.24) is 40.0 Å². The van der Waals surface area contributed by atoms with Crippen molar-refractivity contribution in [3.05, 3.63) is 96.3 Å². The van der Waals surface area contributed by atoms with Crippen LogP contribution >= 0.6 is 11.3 Å². The molecule has 13 heteroatoms. The Labute approximate surface area is 348 Å². The second kappa shape index (κ2) is 16.6. The molecule has 4 atom stereocenters. The average Bonchev–Trinajstić information content (AvgIpc) is 4.10. The van der Waals surface area contributed by atoms with Crippen molar-refractivity contribution in [3.8, 4) is 33.2 Å². The fraction of sp³-hybridized carbons (Fsp3) is 0.413. The number of H-pyrrole nitrogens is 2. The van der Waals surface area contributed by atoms with Gasteiger partial charge in [0.1, 0.15) is 35.0 Å². The highest BCUT2D eigenvalue weighted by Crippen LogP contribution is 2.40. The first kappa shape index (κ1) is 39.0. The van der Waals surface area contributed by atoms with Gasteiger partial charge in [-0.2, -0.15) is 0 Å². The van der Waals surface area contributed by atoms with Crippen molar-refractivity contribution in [2.75, 3.05) is 26.2 Å². The number of aromatic amines is 2. The van der Waals surface area contributed by atoms with E-state index >= 15 is 0 Å². The van der Waals surface area contributed by atoms with Gasteiger partial charge < -0.3 is 29.5 Å². The van der Waals surface area contributed by atoms with E-state index in [2.05, 4.69) is 67.5 Å². The second-order valence-electron chi connectivity index (χ2n) is 16.6. The molecule has 7 heterocycles. The summed E-state index contributed by atoms with van der Waals surface area (Å²) in [6, 6.07) is 21.7. The van der Waals surface area contributed by atoms with Gasteiger partial charge in [-0.15, -0.1) is 11.3 Å². The normalized spacial score (nSPS) is 19.8. The molecule has 0 spiro atoms. The Bertz CT molecular complexity index is 2390. The van der Waals surface area contributed by atoms with Gasteiger partial charge in [0, 0.05) is 43.2 Å². The number of hydrogen-bond donors (Lipinski definition) is 3. The molecule has 1 unspecified atom stereocenters. The van der Waals surface area contributed by atoms with Crippen LogP contribution in [0.3, 0.4) is 0 Å². The molecule has 0 saturated carbocycles. The van der Waals surface area contributed by atoms with Crippen LogP contribution < -0.4 is 5.32 Å². The first-order chi connectivity index (χ1) is 28.7. The number of furan rings is 1. The Morgan fingerprint density at radius 3 is 2.22 bits per heavy atom. The van der Waals surface area contributed by atoms with Crippen LogP contribution in [0.5, 0.6) is 0 Å². The Balaban J connectivity index is 0.871.